The molecule has 1 heterocycles. The first-order chi connectivity index (χ1) is 7.38. The largest absolute Gasteiger partial charge is 0.265 e. The first-order valence-corrected chi connectivity index (χ1v) is 5.50. The minimum absolute atomic E-state index is 1.15. The second kappa shape index (κ2) is 4.80. The molecule has 74 valence electrons. The summed E-state index contributed by atoms with van der Waals surface area (Å²) >= 11 is 1.73. The second-order valence-corrected chi connectivity index (χ2v) is 4.21. The van der Waals surface area contributed by atoms with Crippen molar-refractivity contribution in [1.82, 2.24) is 4.98 Å². The summed E-state index contributed by atoms with van der Waals surface area (Å²) < 4.78 is 0. The van der Waals surface area contributed by atoms with Crippen LogP contribution in [0.2, 0.25) is 0 Å². The molecule has 0 spiro atoms. The molecule has 0 aliphatic rings. The number of aromatic nitrogens is 1. The zero-order valence-corrected chi connectivity index (χ0v) is 9.08. The van der Waals surface area contributed by atoms with Crippen molar-refractivity contribution in [3.05, 3.63) is 60.9 Å². The lowest BCUT2D eigenvalue weighted by atomic mass is 10.2. The standard InChI is InChI=1S/C13H11NS/c1-2-11-3-5-12(6-4-11)15-13-7-9-14-10-8-13/h2-10H,1H2. The van der Waals surface area contributed by atoms with Crippen LogP contribution in [0.3, 0.4) is 0 Å². The summed E-state index contributed by atoms with van der Waals surface area (Å²) in [6.07, 6.45) is 5.46. The van der Waals surface area contributed by atoms with Gasteiger partial charge in [-0.25, -0.2) is 0 Å². The molecule has 1 aromatic carbocycles. The Morgan fingerprint density at radius 3 is 2.13 bits per heavy atom. The molecular weight excluding hydrogens is 202 g/mol. The van der Waals surface area contributed by atoms with Crippen LogP contribution in [0.15, 0.2) is 65.2 Å². The lowest BCUT2D eigenvalue weighted by molar-refractivity contribution is 1.26. The highest BCUT2D eigenvalue weighted by Crippen LogP contribution is 2.26. The Kier molecular flexibility index (Phi) is 3.20. The highest BCUT2D eigenvalue weighted by molar-refractivity contribution is 7.99. The molecule has 0 fully saturated rings. The minimum atomic E-state index is 1.15. The van der Waals surface area contributed by atoms with E-state index in [9.17, 15) is 0 Å². The van der Waals surface area contributed by atoms with Gasteiger partial charge >= 0.3 is 0 Å². The fourth-order valence-electron chi connectivity index (χ4n) is 1.21. The zero-order chi connectivity index (χ0) is 10.5. The Balaban J connectivity index is 2.15. The summed E-state index contributed by atoms with van der Waals surface area (Å²) in [4.78, 5) is 6.42. The van der Waals surface area contributed by atoms with Crippen molar-refractivity contribution in [1.29, 1.82) is 0 Å². The number of pyridine rings is 1. The number of benzene rings is 1. The van der Waals surface area contributed by atoms with Gasteiger partial charge in [0, 0.05) is 22.2 Å². The van der Waals surface area contributed by atoms with E-state index in [2.05, 4.69) is 35.8 Å². The second-order valence-electron chi connectivity index (χ2n) is 3.06. The Morgan fingerprint density at radius 1 is 0.933 bits per heavy atom. The first-order valence-electron chi connectivity index (χ1n) is 4.69. The minimum Gasteiger partial charge on any atom is -0.265 e. The molecular formula is C13H11NS. The molecule has 0 saturated carbocycles. The van der Waals surface area contributed by atoms with Crippen molar-refractivity contribution in [2.75, 3.05) is 0 Å². The lowest BCUT2D eigenvalue weighted by Gasteiger charge is -2.01. The number of hydrogen-bond acceptors (Lipinski definition) is 2. The normalized spacial score (nSPS) is 9.87. The van der Waals surface area contributed by atoms with E-state index in [-0.39, 0.29) is 0 Å². The van der Waals surface area contributed by atoms with Gasteiger partial charge in [-0.3, -0.25) is 4.98 Å². The van der Waals surface area contributed by atoms with Crippen LogP contribution >= 0.6 is 11.8 Å². The molecule has 0 saturated heterocycles. The Bertz CT molecular complexity index is 434. The summed E-state index contributed by atoms with van der Waals surface area (Å²) in [5.41, 5.74) is 1.15. The van der Waals surface area contributed by atoms with Gasteiger partial charge in [-0.1, -0.05) is 36.5 Å². The predicted octanol–water partition coefficient (Wildman–Crippen LogP) is 3.88. The molecule has 0 amide bonds. The molecule has 0 N–H and O–H groups in total. The van der Waals surface area contributed by atoms with Crippen LogP contribution in [0.5, 0.6) is 0 Å². The summed E-state index contributed by atoms with van der Waals surface area (Å²) in [6, 6.07) is 12.3. The van der Waals surface area contributed by atoms with E-state index in [0.717, 1.165) is 5.56 Å². The van der Waals surface area contributed by atoms with Crippen LogP contribution in [0.25, 0.3) is 6.08 Å². The van der Waals surface area contributed by atoms with E-state index in [0.29, 0.717) is 0 Å². The summed E-state index contributed by atoms with van der Waals surface area (Å²) in [7, 11) is 0. The van der Waals surface area contributed by atoms with Gasteiger partial charge in [-0.15, -0.1) is 0 Å². The van der Waals surface area contributed by atoms with Crippen molar-refractivity contribution in [3.63, 3.8) is 0 Å². The SMILES string of the molecule is C=Cc1ccc(Sc2ccncc2)cc1. The Morgan fingerprint density at radius 2 is 1.53 bits per heavy atom. The molecule has 2 rings (SSSR count). The summed E-state index contributed by atoms with van der Waals surface area (Å²) in [5.74, 6) is 0. The maximum Gasteiger partial charge on any atom is 0.0279 e. The summed E-state index contributed by atoms with van der Waals surface area (Å²) in [5, 5.41) is 0. The molecule has 0 unspecified atom stereocenters. The third kappa shape index (κ3) is 2.70. The van der Waals surface area contributed by atoms with E-state index in [1.54, 1.807) is 24.2 Å². The third-order valence-electron chi connectivity index (χ3n) is 2.00. The van der Waals surface area contributed by atoms with Gasteiger partial charge in [-0.05, 0) is 29.8 Å². The number of hydrogen-bond donors (Lipinski definition) is 0. The van der Waals surface area contributed by atoms with Crippen LogP contribution in [-0.4, -0.2) is 4.98 Å². The van der Waals surface area contributed by atoms with Crippen LogP contribution in [0.4, 0.5) is 0 Å². The fourth-order valence-corrected chi connectivity index (χ4v) is 2.02. The zero-order valence-electron chi connectivity index (χ0n) is 8.26. The van der Waals surface area contributed by atoms with Gasteiger partial charge < -0.3 is 0 Å². The van der Waals surface area contributed by atoms with Crippen molar-refractivity contribution in [2.24, 2.45) is 0 Å². The Labute approximate surface area is 93.9 Å². The number of rotatable bonds is 3. The van der Waals surface area contributed by atoms with Gasteiger partial charge in [0.05, 0.1) is 0 Å². The van der Waals surface area contributed by atoms with Crippen LogP contribution in [0.1, 0.15) is 5.56 Å². The average Bonchev–Trinajstić information content (AvgIpc) is 2.31. The summed E-state index contributed by atoms with van der Waals surface area (Å²) in [6.45, 7) is 3.73. The van der Waals surface area contributed by atoms with Crippen LogP contribution in [0, 0.1) is 0 Å². The maximum absolute atomic E-state index is 3.99. The number of nitrogens with zero attached hydrogens (tertiary/aromatic N) is 1. The van der Waals surface area contributed by atoms with Gasteiger partial charge in [0.2, 0.25) is 0 Å². The lowest BCUT2D eigenvalue weighted by Crippen LogP contribution is -1.75. The van der Waals surface area contributed by atoms with Crippen LogP contribution < -0.4 is 0 Å². The monoisotopic (exact) mass is 213 g/mol. The Hall–Kier alpha value is -1.54. The van der Waals surface area contributed by atoms with E-state index in [1.165, 1.54) is 9.79 Å². The smallest absolute Gasteiger partial charge is 0.0279 e. The van der Waals surface area contributed by atoms with Crippen molar-refractivity contribution < 1.29 is 0 Å². The molecule has 0 radical (unpaired) electrons. The van der Waals surface area contributed by atoms with E-state index in [4.69, 9.17) is 0 Å². The van der Waals surface area contributed by atoms with E-state index >= 15 is 0 Å². The molecule has 0 bridgehead atoms. The van der Waals surface area contributed by atoms with E-state index in [1.807, 2.05) is 18.2 Å². The predicted molar refractivity (Wildman–Crippen MR) is 64.9 cm³/mol. The first kappa shape index (κ1) is 9.99. The molecule has 15 heavy (non-hydrogen) atoms. The third-order valence-corrected chi connectivity index (χ3v) is 3.02. The fraction of sp³-hybridized carbons (Fsp3) is 0. The molecule has 0 aliphatic carbocycles. The molecule has 2 aromatic rings. The quantitative estimate of drug-likeness (QED) is 0.767. The molecule has 1 aromatic heterocycles. The maximum atomic E-state index is 3.99. The van der Waals surface area contributed by atoms with Crippen molar-refractivity contribution in [3.8, 4) is 0 Å². The highest BCUT2D eigenvalue weighted by Gasteiger charge is 1.95. The molecule has 1 nitrogen and oxygen atoms in total. The topological polar surface area (TPSA) is 12.9 Å². The molecule has 0 aliphatic heterocycles. The van der Waals surface area contributed by atoms with E-state index < -0.39 is 0 Å². The van der Waals surface area contributed by atoms with Gasteiger partial charge in [0.1, 0.15) is 0 Å². The average molecular weight is 213 g/mol. The van der Waals surface area contributed by atoms with Crippen molar-refractivity contribution >= 4 is 17.8 Å². The van der Waals surface area contributed by atoms with Crippen molar-refractivity contribution in [2.45, 2.75) is 9.79 Å². The highest BCUT2D eigenvalue weighted by atomic mass is 32.2. The van der Waals surface area contributed by atoms with Crippen LogP contribution in [-0.2, 0) is 0 Å². The van der Waals surface area contributed by atoms with Gasteiger partial charge in [0.15, 0.2) is 0 Å². The van der Waals surface area contributed by atoms with Gasteiger partial charge in [-0.2, -0.15) is 0 Å². The molecule has 0 atom stereocenters. The van der Waals surface area contributed by atoms with Gasteiger partial charge in [0.25, 0.3) is 0 Å². The molecule has 2 heteroatoms.